The summed E-state index contributed by atoms with van der Waals surface area (Å²) in [7, 11) is 0. The number of hydrogen-bond acceptors (Lipinski definition) is 3. The number of carbonyl (C=O) groups excluding carboxylic acids is 1. The fraction of sp³-hybridized carbons (Fsp3) is 0.538. The lowest BCUT2D eigenvalue weighted by Gasteiger charge is -2.33. The highest BCUT2D eigenvalue weighted by Crippen LogP contribution is 2.34. The van der Waals surface area contributed by atoms with Gasteiger partial charge in [0.05, 0.1) is 0 Å². The van der Waals surface area contributed by atoms with Gasteiger partial charge in [0.2, 0.25) is 5.91 Å². The minimum atomic E-state index is -0.938. The van der Waals surface area contributed by atoms with Gasteiger partial charge >= 0.3 is 5.97 Å². The van der Waals surface area contributed by atoms with Crippen LogP contribution >= 0.6 is 11.3 Å². The molecule has 0 bridgehead atoms. The van der Waals surface area contributed by atoms with Crippen molar-refractivity contribution in [3.63, 3.8) is 0 Å². The van der Waals surface area contributed by atoms with Crippen LogP contribution < -0.4 is 0 Å². The quantitative estimate of drug-likeness (QED) is 0.914. The van der Waals surface area contributed by atoms with E-state index in [1.165, 1.54) is 4.90 Å². The molecule has 1 aromatic rings. The Bertz CT molecular complexity index is 467. The molecule has 1 atom stereocenters. The summed E-state index contributed by atoms with van der Waals surface area (Å²) < 4.78 is 0. The molecule has 0 aromatic carbocycles. The summed E-state index contributed by atoms with van der Waals surface area (Å²) >= 11 is 1.57. The van der Waals surface area contributed by atoms with Crippen LogP contribution in [0.2, 0.25) is 0 Å². The largest absolute Gasteiger partial charge is 0.479 e. The number of thiophene rings is 1. The van der Waals surface area contributed by atoms with Gasteiger partial charge in [-0.2, -0.15) is 0 Å². The second kappa shape index (κ2) is 5.10. The minimum absolute atomic E-state index is 0.0609. The van der Waals surface area contributed by atoms with E-state index in [-0.39, 0.29) is 11.8 Å². The van der Waals surface area contributed by atoms with Gasteiger partial charge in [-0.15, -0.1) is 11.3 Å². The standard InChI is InChI=1S/C13H17NO3S/c1-8(2)7-11(15)14-5-3-10-9(4-6-18-10)12(14)13(16)17/h4,6,8,12H,3,5,7H2,1-2H3,(H,16,17). The average molecular weight is 267 g/mol. The maximum Gasteiger partial charge on any atom is 0.331 e. The van der Waals surface area contributed by atoms with Crippen molar-refractivity contribution in [3.8, 4) is 0 Å². The first-order chi connectivity index (χ1) is 8.50. The molecule has 0 aliphatic carbocycles. The number of carbonyl (C=O) groups is 2. The number of hydrogen-bond donors (Lipinski definition) is 1. The number of carboxylic acid groups (broad SMARTS) is 1. The lowest BCUT2D eigenvalue weighted by Crippen LogP contribution is -2.43. The Morgan fingerprint density at radius 2 is 2.28 bits per heavy atom. The fourth-order valence-corrected chi connectivity index (χ4v) is 3.22. The smallest absolute Gasteiger partial charge is 0.331 e. The average Bonchev–Trinajstić information content (AvgIpc) is 2.73. The molecule has 0 spiro atoms. The first-order valence-corrected chi connectivity index (χ1v) is 6.97. The zero-order valence-electron chi connectivity index (χ0n) is 10.5. The molecule has 1 unspecified atom stereocenters. The van der Waals surface area contributed by atoms with Gasteiger partial charge < -0.3 is 10.0 Å². The Hall–Kier alpha value is -1.36. The van der Waals surface area contributed by atoms with E-state index in [2.05, 4.69) is 0 Å². The third kappa shape index (κ3) is 2.41. The van der Waals surface area contributed by atoms with Crippen LogP contribution in [-0.2, 0) is 16.0 Å². The predicted molar refractivity (Wildman–Crippen MR) is 69.6 cm³/mol. The Kier molecular flexibility index (Phi) is 3.71. The van der Waals surface area contributed by atoms with Crippen LogP contribution in [0.4, 0.5) is 0 Å². The van der Waals surface area contributed by atoms with Crippen molar-refractivity contribution in [2.24, 2.45) is 5.92 Å². The van der Waals surface area contributed by atoms with Crippen LogP contribution in [0.5, 0.6) is 0 Å². The minimum Gasteiger partial charge on any atom is -0.479 e. The molecule has 1 aromatic heterocycles. The van der Waals surface area contributed by atoms with E-state index >= 15 is 0 Å². The zero-order valence-corrected chi connectivity index (χ0v) is 11.4. The Labute approximate surface area is 110 Å². The zero-order chi connectivity index (χ0) is 13.3. The third-order valence-corrected chi connectivity index (χ3v) is 4.10. The molecule has 0 fully saturated rings. The molecule has 0 saturated carbocycles. The van der Waals surface area contributed by atoms with E-state index in [0.29, 0.717) is 13.0 Å². The van der Waals surface area contributed by atoms with Gasteiger partial charge in [-0.25, -0.2) is 4.79 Å². The summed E-state index contributed by atoms with van der Waals surface area (Å²) in [5.41, 5.74) is 0.788. The highest BCUT2D eigenvalue weighted by atomic mass is 32.1. The highest BCUT2D eigenvalue weighted by Gasteiger charge is 2.36. The molecular weight excluding hydrogens is 250 g/mol. The van der Waals surface area contributed by atoms with E-state index in [1.54, 1.807) is 11.3 Å². The van der Waals surface area contributed by atoms with Crippen molar-refractivity contribution in [1.82, 2.24) is 4.90 Å². The molecule has 1 N–H and O–H groups in total. The molecule has 98 valence electrons. The lowest BCUT2D eigenvalue weighted by atomic mass is 9.98. The summed E-state index contributed by atoms with van der Waals surface area (Å²) in [5.74, 6) is -0.753. The summed E-state index contributed by atoms with van der Waals surface area (Å²) in [4.78, 5) is 26.2. The molecule has 1 aliphatic rings. The molecule has 2 heterocycles. The first kappa shape index (κ1) is 13.1. The Morgan fingerprint density at radius 3 is 2.89 bits per heavy atom. The Balaban J connectivity index is 2.27. The van der Waals surface area contributed by atoms with Crippen molar-refractivity contribution in [3.05, 3.63) is 21.9 Å². The summed E-state index contributed by atoms with van der Waals surface area (Å²) in [5, 5.41) is 11.3. The molecule has 0 radical (unpaired) electrons. The molecule has 4 nitrogen and oxygen atoms in total. The van der Waals surface area contributed by atoms with Gasteiger partial charge in [0.15, 0.2) is 6.04 Å². The van der Waals surface area contributed by atoms with Gasteiger partial charge in [0, 0.05) is 17.8 Å². The van der Waals surface area contributed by atoms with Gasteiger partial charge in [-0.3, -0.25) is 4.79 Å². The van der Waals surface area contributed by atoms with Gasteiger partial charge in [-0.1, -0.05) is 13.8 Å². The molecule has 18 heavy (non-hydrogen) atoms. The van der Waals surface area contributed by atoms with E-state index < -0.39 is 12.0 Å². The molecule has 1 aliphatic heterocycles. The van der Waals surface area contributed by atoms with E-state index in [4.69, 9.17) is 0 Å². The summed E-state index contributed by atoms with van der Waals surface area (Å²) in [6, 6.07) is 1.03. The summed E-state index contributed by atoms with van der Waals surface area (Å²) in [6.45, 7) is 4.44. The fourth-order valence-electron chi connectivity index (χ4n) is 2.32. The van der Waals surface area contributed by atoms with E-state index in [9.17, 15) is 14.7 Å². The maximum absolute atomic E-state index is 12.1. The van der Waals surface area contributed by atoms with Crippen LogP contribution in [0.1, 0.15) is 36.8 Å². The number of fused-ring (bicyclic) bond motifs is 1. The maximum atomic E-state index is 12.1. The number of nitrogens with zero attached hydrogens (tertiary/aromatic N) is 1. The molecular formula is C13H17NO3S. The normalized spacial score (nSPS) is 18.8. The topological polar surface area (TPSA) is 57.6 Å². The molecule has 2 rings (SSSR count). The van der Waals surface area contributed by atoms with Gasteiger partial charge in [-0.05, 0) is 29.3 Å². The highest BCUT2D eigenvalue weighted by molar-refractivity contribution is 7.10. The van der Waals surface area contributed by atoms with Crippen LogP contribution in [0.15, 0.2) is 11.4 Å². The third-order valence-electron chi connectivity index (χ3n) is 3.10. The number of carboxylic acids is 1. The van der Waals surface area contributed by atoms with E-state index in [1.807, 2.05) is 25.3 Å². The van der Waals surface area contributed by atoms with Crippen molar-refractivity contribution in [2.75, 3.05) is 6.54 Å². The monoisotopic (exact) mass is 267 g/mol. The Morgan fingerprint density at radius 1 is 1.56 bits per heavy atom. The second-order valence-corrected chi connectivity index (χ2v) is 5.98. The number of amides is 1. The number of aliphatic carboxylic acids is 1. The second-order valence-electron chi connectivity index (χ2n) is 4.97. The molecule has 1 amide bonds. The van der Waals surface area contributed by atoms with Crippen molar-refractivity contribution in [1.29, 1.82) is 0 Å². The van der Waals surface area contributed by atoms with Crippen molar-refractivity contribution >= 4 is 23.2 Å². The van der Waals surface area contributed by atoms with E-state index in [0.717, 1.165) is 16.9 Å². The van der Waals surface area contributed by atoms with Crippen LogP contribution in [0, 0.1) is 5.92 Å². The van der Waals surface area contributed by atoms with Gasteiger partial charge in [0.1, 0.15) is 0 Å². The summed E-state index contributed by atoms with van der Waals surface area (Å²) in [6.07, 6.45) is 1.17. The van der Waals surface area contributed by atoms with Gasteiger partial charge in [0.25, 0.3) is 0 Å². The molecule has 0 saturated heterocycles. The predicted octanol–water partition coefficient (Wildman–Crippen LogP) is 2.30. The molecule has 5 heteroatoms. The number of rotatable bonds is 3. The van der Waals surface area contributed by atoms with Crippen LogP contribution in [0.3, 0.4) is 0 Å². The van der Waals surface area contributed by atoms with Crippen LogP contribution in [0.25, 0.3) is 0 Å². The first-order valence-electron chi connectivity index (χ1n) is 6.09. The van der Waals surface area contributed by atoms with Crippen molar-refractivity contribution in [2.45, 2.75) is 32.7 Å². The lowest BCUT2D eigenvalue weighted by molar-refractivity contribution is -0.151. The van der Waals surface area contributed by atoms with Crippen LogP contribution in [-0.4, -0.2) is 28.4 Å². The van der Waals surface area contributed by atoms with Crippen molar-refractivity contribution < 1.29 is 14.7 Å². The SMILES string of the molecule is CC(C)CC(=O)N1CCc2sccc2C1C(=O)O.